The minimum absolute atomic E-state index is 0.333. The van der Waals surface area contributed by atoms with Crippen LogP contribution < -0.4 is 4.74 Å². The molecule has 7 heteroatoms. The first kappa shape index (κ1) is 16.5. The van der Waals surface area contributed by atoms with Crippen LogP contribution in [0.25, 0.3) is 11.3 Å². The highest BCUT2D eigenvalue weighted by Gasteiger charge is 2.14. The molecule has 0 atom stereocenters. The van der Waals surface area contributed by atoms with Gasteiger partial charge in [-0.2, -0.15) is 4.39 Å². The summed E-state index contributed by atoms with van der Waals surface area (Å²) in [7, 11) is 1.58. The van der Waals surface area contributed by atoms with Crippen LogP contribution in [-0.4, -0.2) is 22.0 Å². The molecule has 3 rings (SSSR count). The van der Waals surface area contributed by atoms with Gasteiger partial charge in [0.1, 0.15) is 12.1 Å². The van der Waals surface area contributed by atoms with Crippen molar-refractivity contribution in [2.45, 2.75) is 6.42 Å². The molecule has 0 fully saturated rings. The quantitative estimate of drug-likeness (QED) is 0.522. The summed E-state index contributed by atoms with van der Waals surface area (Å²) in [6.07, 6.45) is 1.76. The Labute approximate surface area is 143 Å². The van der Waals surface area contributed by atoms with E-state index in [1.807, 2.05) is 24.3 Å². The minimum atomic E-state index is -0.860. The molecule has 0 aliphatic carbocycles. The van der Waals surface area contributed by atoms with E-state index in [-0.39, 0.29) is 0 Å². The molecule has 25 heavy (non-hydrogen) atoms. The van der Waals surface area contributed by atoms with Gasteiger partial charge in [0.2, 0.25) is 5.82 Å². The molecule has 0 bridgehead atoms. The highest BCUT2D eigenvalue weighted by molar-refractivity contribution is 5.67. The lowest BCUT2D eigenvalue weighted by atomic mass is 10.1. The number of rotatable bonds is 5. The van der Waals surface area contributed by atoms with Gasteiger partial charge < -0.3 is 4.74 Å². The summed E-state index contributed by atoms with van der Waals surface area (Å²) in [5.74, 6) is -0.171. The maximum atomic E-state index is 13.8. The number of hydrogen-bond acceptors (Lipinski definition) is 5. The summed E-state index contributed by atoms with van der Waals surface area (Å²) in [4.78, 5) is 18.4. The minimum Gasteiger partial charge on any atom is -0.496 e. The van der Waals surface area contributed by atoms with Crippen molar-refractivity contribution in [3.8, 4) is 17.0 Å². The van der Waals surface area contributed by atoms with Gasteiger partial charge in [-0.25, -0.2) is 9.97 Å². The van der Waals surface area contributed by atoms with Crippen molar-refractivity contribution in [1.82, 2.24) is 9.97 Å². The average molecular weight is 339 g/mol. The molecular formula is C18H14FN3O3. The van der Waals surface area contributed by atoms with E-state index in [4.69, 9.17) is 4.74 Å². The molecule has 1 aromatic heterocycles. The molecule has 6 nitrogen and oxygen atoms in total. The van der Waals surface area contributed by atoms with E-state index in [0.29, 0.717) is 29.1 Å². The Kier molecular flexibility index (Phi) is 4.65. The van der Waals surface area contributed by atoms with Crippen molar-refractivity contribution in [1.29, 1.82) is 0 Å². The number of aromatic nitrogens is 2. The first-order valence-corrected chi connectivity index (χ1v) is 7.45. The summed E-state index contributed by atoms with van der Waals surface area (Å²) in [6.45, 7) is 0. The van der Waals surface area contributed by atoms with Crippen LogP contribution in [0, 0.1) is 15.9 Å². The Morgan fingerprint density at radius 1 is 1.16 bits per heavy atom. The molecule has 0 unspecified atom stereocenters. The Balaban J connectivity index is 1.90. The van der Waals surface area contributed by atoms with Crippen LogP contribution in [0.5, 0.6) is 5.75 Å². The lowest BCUT2D eigenvalue weighted by Crippen LogP contribution is -1.98. The van der Waals surface area contributed by atoms with Gasteiger partial charge in [-0.3, -0.25) is 10.1 Å². The van der Waals surface area contributed by atoms with Gasteiger partial charge in [-0.05, 0) is 29.8 Å². The van der Waals surface area contributed by atoms with Gasteiger partial charge in [-0.1, -0.05) is 18.2 Å². The first-order chi connectivity index (χ1) is 12.1. The predicted molar refractivity (Wildman–Crippen MR) is 89.9 cm³/mol. The van der Waals surface area contributed by atoms with Gasteiger partial charge >= 0.3 is 5.69 Å². The number of nitro benzene ring substituents is 1. The number of nitro groups is 1. The van der Waals surface area contributed by atoms with Gasteiger partial charge in [0, 0.05) is 23.7 Å². The second kappa shape index (κ2) is 7.04. The van der Waals surface area contributed by atoms with Crippen LogP contribution >= 0.6 is 0 Å². The smallest absolute Gasteiger partial charge is 0.304 e. The van der Waals surface area contributed by atoms with Crippen LogP contribution in [-0.2, 0) is 6.42 Å². The maximum Gasteiger partial charge on any atom is 0.304 e. The second-order valence-corrected chi connectivity index (χ2v) is 5.31. The number of nitrogens with zero attached hydrogens (tertiary/aromatic N) is 3. The van der Waals surface area contributed by atoms with Crippen LogP contribution in [0.2, 0.25) is 0 Å². The van der Waals surface area contributed by atoms with E-state index >= 15 is 0 Å². The zero-order chi connectivity index (χ0) is 17.8. The molecule has 0 radical (unpaired) electrons. The van der Waals surface area contributed by atoms with Crippen molar-refractivity contribution in [2.75, 3.05) is 7.11 Å². The molecule has 0 spiro atoms. The fraction of sp³-hybridized carbons (Fsp3) is 0.111. The van der Waals surface area contributed by atoms with Gasteiger partial charge in [0.05, 0.1) is 17.7 Å². The Hall–Kier alpha value is -3.35. The fourth-order valence-electron chi connectivity index (χ4n) is 2.52. The Morgan fingerprint density at radius 3 is 2.68 bits per heavy atom. The number of para-hydroxylation sites is 1. The third kappa shape index (κ3) is 3.60. The van der Waals surface area contributed by atoms with Gasteiger partial charge in [-0.15, -0.1) is 0 Å². The monoisotopic (exact) mass is 339 g/mol. The molecule has 0 amide bonds. The van der Waals surface area contributed by atoms with Crippen molar-refractivity contribution in [2.24, 2.45) is 0 Å². The molecule has 2 aromatic carbocycles. The van der Waals surface area contributed by atoms with Crippen molar-refractivity contribution in [3.05, 3.63) is 82.0 Å². The molecule has 3 aromatic rings. The maximum absolute atomic E-state index is 13.8. The molecular weight excluding hydrogens is 325 g/mol. The number of hydrogen-bond donors (Lipinski definition) is 0. The van der Waals surface area contributed by atoms with E-state index in [0.717, 1.165) is 17.7 Å². The van der Waals surface area contributed by atoms with Crippen LogP contribution in [0.1, 0.15) is 11.3 Å². The molecule has 0 saturated heterocycles. The summed E-state index contributed by atoms with van der Waals surface area (Å²) in [5.41, 5.74) is 2.23. The number of methoxy groups -OCH3 is 1. The molecule has 0 saturated carbocycles. The Morgan fingerprint density at radius 2 is 1.96 bits per heavy atom. The topological polar surface area (TPSA) is 78.2 Å². The van der Waals surface area contributed by atoms with Crippen molar-refractivity contribution in [3.63, 3.8) is 0 Å². The summed E-state index contributed by atoms with van der Waals surface area (Å²) in [5, 5.41) is 10.7. The largest absolute Gasteiger partial charge is 0.496 e. The van der Waals surface area contributed by atoms with E-state index < -0.39 is 16.4 Å². The third-order valence-electron chi connectivity index (χ3n) is 3.70. The highest BCUT2D eigenvalue weighted by atomic mass is 19.1. The van der Waals surface area contributed by atoms with E-state index in [1.54, 1.807) is 13.2 Å². The van der Waals surface area contributed by atoms with E-state index in [9.17, 15) is 14.5 Å². The standard InChI is InChI=1S/C18H14FN3O3/c1-25-18-5-3-2-4-14(18)16-10-13(20-11-21-16)8-12-6-7-17(22(23)24)15(19)9-12/h2-7,9-11H,8H2,1H3. The van der Waals surface area contributed by atoms with Crippen LogP contribution in [0.4, 0.5) is 10.1 Å². The van der Waals surface area contributed by atoms with Crippen LogP contribution in [0.3, 0.4) is 0 Å². The predicted octanol–water partition coefficient (Wildman–Crippen LogP) is 3.79. The summed E-state index contributed by atoms with van der Waals surface area (Å²) >= 11 is 0. The van der Waals surface area contributed by atoms with E-state index in [2.05, 4.69) is 9.97 Å². The summed E-state index contributed by atoms with van der Waals surface area (Å²) < 4.78 is 19.1. The third-order valence-corrected chi connectivity index (χ3v) is 3.70. The Bertz CT molecular complexity index is 931. The van der Waals surface area contributed by atoms with Gasteiger partial charge in [0.15, 0.2) is 0 Å². The molecule has 1 heterocycles. The highest BCUT2D eigenvalue weighted by Crippen LogP contribution is 2.28. The zero-order valence-corrected chi connectivity index (χ0v) is 13.3. The first-order valence-electron chi connectivity index (χ1n) is 7.45. The lowest BCUT2D eigenvalue weighted by Gasteiger charge is -2.08. The average Bonchev–Trinajstić information content (AvgIpc) is 2.61. The lowest BCUT2D eigenvalue weighted by molar-refractivity contribution is -0.387. The number of halogens is 1. The van der Waals surface area contributed by atoms with Crippen molar-refractivity contribution < 1.29 is 14.1 Å². The van der Waals surface area contributed by atoms with Gasteiger partial charge in [0.25, 0.3) is 0 Å². The summed E-state index contributed by atoms with van der Waals surface area (Å²) in [6, 6.07) is 13.1. The van der Waals surface area contributed by atoms with Crippen LogP contribution in [0.15, 0.2) is 54.9 Å². The molecule has 0 N–H and O–H groups in total. The molecule has 0 aliphatic heterocycles. The second-order valence-electron chi connectivity index (χ2n) is 5.31. The normalized spacial score (nSPS) is 10.5. The number of benzene rings is 2. The van der Waals surface area contributed by atoms with E-state index in [1.165, 1.54) is 12.4 Å². The zero-order valence-electron chi connectivity index (χ0n) is 13.3. The number of ether oxygens (including phenoxy) is 1. The fourth-order valence-corrected chi connectivity index (χ4v) is 2.52. The molecule has 126 valence electrons. The molecule has 0 aliphatic rings. The SMILES string of the molecule is COc1ccccc1-c1cc(Cc2ccc([N+](=O)[O-])c(F)c2)ncn1. The van der Waals surface area contributed by atoms with Crippen molar-refractivity contribution >= 4 is 5.69 Å².